The van der Waals surface area contributed by atoms with Crippen LogP contribution in [0.15, 0.2) is 35.3 Å². The number of piperidine rings is 1. The van der Waals surface area contributed by atoms with E-state index in [0.717, 1.165) is 50.2 Å². The number of nitrogens with one attached hydrogen (secondary N) is 2. The molecule has 1 unspecified atom stereocenters. The van der Waals surface area contributed by atoms with Crippen LogP contribution in [0.2, 0.25) is 0 Å². The third-order valence-corrected chi connectivity index (χ3v) is 4.99. The molecular formula is C20H28N4O2. The monoisotopic (exact) mass is 356 g/mol. The molecule has 6 heteroatoms. The van der Waals surface area contributed by atoms with E-state index in [0.29, 0.717) is 13.0 Å². The van der Waals surface area contributed by atoms with Crippen molar-refractivity contribution in [3.63, 3.8) is 0 Å². The van der Waals surface area contributed by atoms with Crippen LogP contribution in [0.5, 0.6) is 0 Å². The van der Waals surface area contributed by atoms with Gasteiger partial charge in [0, 0.05) is 25.2 Å². The Hall–Kier alpha value is -2.37. The van der Waals surface area contributed by atoms with Crippen molar-refractivity contribution in [2.45, 2.75) is 57.4 Å². The first-order valence-corrected chi connectivity index (χ1v) is 9.72. The summed E-state index contributed by atoms with van der Waals surface area (Å²) in [6, 6.07) is 8.66. The van der Waals surface area contributed by atoms with E-state index in [4.69, 9.17) is 0 Å². The number of carbonyl (C=O) groups is 2. The van der Waals surface area contributed by atoms with Gasteiger partial charge in [-0.2, -0.15) is 4.99 Å². The molecule has 2 fully saturated rings. The number of likely N-dealkylation sites (tertiary alicyclic amines) is 1. The van der Waals surface area contributed by atoms with Crippen LogP contribution in [-0.2, 0) is 4.79 Å². The number of urea groups is 1. The molecule has 2 N–H and O–H groups in total. The lowest BCUT2D eigenvalue weighted by molar-refractivity contribution is -0.122. The number of carbonyl (C=O) groups excluding carboxylic acids is 2. The maximum absolute atomic E-state index is 12.8. The molecule has 6 nitrogen and oxygen atoms in total. The molecule has 0 spiro atoms. The normalized spacial score (nSPS) is 22.8. The third kappa shape index (κ3) is 5.07. The van der Waals surface area contributed by atoms with E-state index in [1.165, 1.54) is 12.8 Å². The predicted molar refractivity (Wildman–Crippen MR) is 103 cm³/mol. The van der Waals surface area contributed by atoms with Crippen molar-refractivity contribution in [1.82, 2.24) is 10.2 Å². The van der Waals surface area contributed by atoms with Crippen molar-refractivity contribution < 1.29 is 9.59 Å². The minimum absolute atomic E-state index is 0.198. The second-order valence-electron chi connectivity index (χ2n) is 6.99. The summed E-state index contributed by atoms with van der Waals surface area (Å²) in [4.78, 5) is 31.4. The lowest BCUT2D eigenvalue weighted by Gasteiger charge is -2.33. The quantitative estimate of drug-likeness (QED) is 0.851. The number of aliphatic imine (C=N–C) groups is 1. The molecule has 1 atom stereocenters. The van der Waals surface area contributed by atoms with Gasteiger partial charge in [-0.25, -0.2) is 4.79 Å². The first kappa shape index (κ1) is 18.4. The molecule has 3 amide bonds. The van der Waals surface area contributed by atoms with Crippen molar-refractivity contribution in [2.24, 2.45) is 4.99 Å². The maximum Gasteiger partial charge on any atom is 0.322 e. The zero-order valence-corrected chi connectivity index (χ0v) is 15.2. The maximum atomic E-state index is 12.8. The molecular weight excluding hydrogens is 328 g/mol. The van der Waals surface area contributed by atoms with Crippen LogP contribution in [0.3, 0.4) is 0 Å². The summed E-state index contributed by atoms with van der Waals surface area (Å²) in [5.41, 5.74) is 0.738. The Morgan fingerprint density at radius 2 is 1.85 bits per heavy atom. The molecule has 0 aliphatic carbocycles. The highest BCUT2D eigenvalue weighted by Gasteiger charge is 2.32. The second kappa shape index (κ2) is 9.36. The average molecular weight is 356 g/mol. The van der Waals surface area contributed by atoms with Crippen LogP contribution < -0.4 is 10.6 Å². The second-order valence-corrected chi connectivity index (χ2v) is 6.99. The molecule has 2 saturated heterocycles. The lowest BCUT2D eigenvalue weighted by Crippen LogP contribution is -2.49. The number of amides is 3. The highest BCUT2D eigenvalue weighted by Crippen LogP contribution is 2.20. The molecule has 26 heavy (non-hydrogen) atoms. The number of nitrogens with zero attached hydrogens (tertiary/aromatic N) is 2. The molecule has 1 aromatic carbocycles. The van der Waals surface area contributed by atoms with Crippen molar-refractivity contribution in [2.75, 3.05) is 18.4 Å². The van der Waals surface area contributed by atoms with Crippen LogP contribution in [0, 0.1) is 0 Å². The zero-order chi connectivity index (χ0) is 18.2. The van der Waals surface area contributed by atoms with Gasteiger partial charge in [0.1, 0.15) is 11.9 Å². The first-order chi connectivity index (χ1) is 12.7. The third-order valence-electron chi connectivity index (χ3n) is 4.99. The van der Waals surface area contributed by atoms with E-state index in [2.05, 4.69) is 15.6 Å². The number of anilines is 1. The van der Waals surface area contributed by atoms with Gasteiger partial charge >= 0.3 is 6.03 Å². The Bertz CT molecular complexity index is 634. The van der Waals surface area contributed by atoms with Gasteiger partial charge in [-0.15, -0.1) is 0 Å². The minimum atomic E-state index is -0.466. The SMILES string of the molecule is O=C(N=C1CCCCCCN1)C1CCCCN1C(=O)Nc1ccccc1. The Kier molecular flexibility index (Phi) is 6.63. The fraction of sp³-hybridized carbons (Fsp3) is 0.550. The first-order valence-electron chi connectivity index (χ1n) is 9.72. The zero-order valence-electron chi connectivity index (χ0n) is 15.2. The van der Waals surface area contributed by atoms with Crippen molar-refractivity contribution >= 4 is 23.5 Å². The molecule has 0 radical (unpaired) electrons. The van der Waals surface area contributed by atoms with E-state index in [1.54, 1.807) is 4.90 Å². The lowest BCUT2D eigenvalue weighted by atomic mass is 10.0. The molecule has 2 heterocycles. The molecule has 140 valence electrons. The largest absolute Gasteiger partial charge is 0.373 e. The smallest absolute Gasteiger partial charge is 0.322 e. The number of para-hydroxylation sites is 1. The van der Waals surface area contributed by atoms with Crippen molar-refractivity contribution in [3.05, 3.63) is 30.3 Å². The van der Waals surface area contributed by atoms with Gasteiger partial charge in [0.25, 0.3) is 5.91 Å². The summed E-state index contributed by atoms with van der Waals surface area (Å²) in [6.45, 7) is 1.46. The number of benzene rings is 1. The number of hydrogen-bond acceptors (Lipinski definition) is 2. The molecule has 2 aliphatic heterocycles. The fourth-order valence-corrected chi connectivity index (χ4v) is 3.54. The molecule has 2 aliphatic rings. The van der Waals surface area contributed by atoms with E-state index in [9.17, 15) is 9.59 Å². The molecule has 3 rings (SSSR count). The number of hydrogen-bond donors (Lipinski definition) is 2. The van der Waals surface area contributed by atoms with Gasteiger partial charge < -0.3 is 15.5 Å². The van der Waals surface area contributed by atoms with E-state index in [1.807, 2.05) is 30.3 Å². The minimum Gasteiger partial charge on any atom is -0.373 e. The van der Waals surface area contributed by atoms with Gasteiger partial charge in [-0.3, -0.25) is 4.79 Å². The van der Waals surface area contributed by atoms with Crippen molar-refractivity contribution in [3.8, 4) is 0 Å². The summed E-state index contributed by atoms with van der Waals surface area (Å²) >= 11 is 0. The summed E-state index contributed by atoms with van der Waals surface area (Å²) < 4.78 is 0. The van der Waals surface area contributed by atoms with Crippen LogP contribution in [0.25, 0.3) is 0 Å². The van der Waals surface area contributed by atoms with E-state index in [-0.39, 0.29) is 11.9 Å². The van der Waals surface area contributed by atoms with E-state index < -0.39 is 6.04 Å². The standard InChI is InChI=1S/C20H28N4O2/c25-19(23-18-13-6-1-2-8-14-21-18)17-12-7-9-15-24(17)20(26)22-16-10-4-3-5-11-16/h3-5,10-11,17H,1-2,6-9,12-15H2,(H,22,26)(H,21,23,25). The topological polar surface area (TPSA) is 73.8 Å². The summed E-state index contributed by atoms with van der Waals surface area (Å²) in [5, 5.41) is 6.17. The van der Waals surface area contributed by atoms with Crippen LogP contribution in [0.4, 0.5) is 10.5 Å². The van der Waals surface area contributed by atoms with Gasteiger partial charge in [0.15, 0.2) is 0 Å². The summed E-state index contributed by atoms with van der Waals surface area (Å²) in [5.74, 6) is 0.583. The molecule has 0 bridgehead atoms. The Balaban J connectivity index is 1.67. The predicted octanol–water partition coefficient (Wildman–Crippen LogP) is 3.55. The van der Waals surface area contributed by atoms with Gasteiger partial charge in [-0.1, -0.05) is 31.0 Å². The fourth-order valence-electron chi connectivity index (χ4n) is 3.54. The Labute approximate surface area is 155 Å². The van der Waals surface area contributed by atoms with Crippen LogP contribution in [0.1, 0.15) is 51.4 Å². The highest BCUT2D eigenvalue weighted by atomic mass is 16.2. The van der Waals surface area contributed by atoms with Gasteiger partial charge in [0.2, 0.25) is 0 Å². The number of amidine groups is 1. The van der Waals surface area contributed by atoms with Crippen LogP contribution >= 0.6 is 0 Å². The summed E-state index contributed by atoms with van der Waals surface area (Å²) in [7, 11) is 0. The van der Waals surface area contributed by atoms with Gasteiger partial charge in [-0.05, 0) is 44.2 Å². The van der Waals surface area contributed by atoms with Crippen LogP contribution in [-0.4, -0.2) is 41.8 Å². The van der Waals surface area contributed by atoms with Gasteiger partial charge in [0.05, 0.1) is 0 Å². The highest BCUT2D eigenvalue weighted by molar-refractivity contribution is 5.99. The van der Waals surface area contributed by atoms with E-state index >= 15 is 0 Å². The number of rotatable bonds is 2. The molecule has 0 aromatic heterocycles. The molecule has 1 aromatic rings. The average Bonchev–Trinajstić information content (AvgIpc) is 2.64. The Morgan fingerprint density at radius 3 is 2.69 bits per heavy atom. The van der Waals surface area contributed by atoms with Crippen molar-refractivity contribution in [1.29, 1.82) is 0 Å². The summed E-state index contributed by atoms with van der Waals surface area (Å²) in [6.07, 6.45) is 7.94. The molecule has 0 saturated carbocycles. The Morgan fingerprint density at radius 1 is 1.04 bits per heavy atom.